The Bertz CT molecular complexity index is 745. The lowest BCUT2D eigenvalue weighted by Crippen LogP contribution is -2.40. The summed E-state index contributed by atoms with van der Waals surface area (Å²) in [6.45, 7) is 1.44. The molecule has 0 saturated carbocycles. The van der Waals surface area contributed by atoms with Crippen molar-refractivity contribution in [2.75, 3.05) is 33.9 Å². The maximum absolute atomic E-state index is 13.1. The molecule has 0 aliphatic rings. The average molecular weight is 491 g/mol. The molecule has 2 N–H and O–H groups in total. The fraction of sp³-hybridized carbons (Fsp3) is 0.316. The summed E-state index contributed by atoms with van der Waals surface area (Å²) >= 11 is 0. The molecule has 27 heavy (non-hydrogen) atoms. The molecular weight excluding hydrogens is 467 g/mol. The van der Waals surface area contributed by atoms with Gasteiger partial charge in [0, 0.05) is 19.7 Å². The zero-order chi connectivity index (χ0) is 18.8. The minimum Gasteiger partial charge on any atom is -0.496 e. The van der Waals surface area contributed by atoms with Gasteiger partial charge in [-0.2, -0.15) is 0 Å². The van der Waals surface area contributed by atoms with E-state index in [2.05, 4.69) is 15.6 Å². The summed E-state index contributed by atoms with van der Waals surface area (Å²) in [6.07, 6.45) is 0.788. The molecule has 0 heterocycles. The van der Waals surface area contributed by atoms with Gasteiger partial charge in [-0.15, -0.1) is 24.0 Å². The van der Waals surface area contributed by atoms with E-state index in [0.717, 1.165) is 29.9 Å². The third-order valence-corrected chi connectivity index (χ3v) is 3.66. The van der Waals surface area contributed by atoms with Crippen LogP contribution in [0.4, 0.5) is 8.78 Å². The minimum absolute atomic E-state index is 0. The van der Waals surface area contributed by atoms with Gasteiger partial charge in [0.05, 0.1) is 13.7 Å². The van der Waals surface area contributed by atoms with Gasteiger partial charge in [0.15, 0.2) is 17.6 Å². The molecule has 0 unspecified atom stereocenters. The first-order valence-corrected chi connectivity index (χ1v) is 8.28. The lowest BCUT2D eigenvalue weighted by atomic mass is 10.1. The molecule has 2 aromatic carbocycles. The molecule has 0 atom stereocenters. The highest BCUT2D eigenvalue weighted by Crippen LogP contribution is 2.17. The zero-order valence-electron chi connectivity index (χ0n) is 15.3. The molecule has 0 fully saturated rings. The van der Waals surface area contributed by atoms with E-state index >= 15 is 0 Å². The van der Waals surface area contributed by atoms with Crippen molar-refractivity contribution in [1.82, 2.24) is 10.6 Å². The van der Waals surface area contributed by atoms with E-state index in [1.807, 2.05) is 24.3 Å². The lowest BCUT2D eigenvalue weighted by molar-refractivity contribution is 0.318. The topological polar surface area (TPSA) is 54.9 Å². The van der Waals surface area contributed by atoms with E-state index in [1.165, 1.54) is 6.07 Å². The fourth-order valence-corrected chi connectivity index (χ4v) is 2.35. The van der Waals surface area contributed by atoms with Gasteiger partial charge in [0.1, 0.15) is 18.1 Å². The van der Waals surface area contributed by atoms with Crippen LogP contribution in [0.1, 0.15) is 5.56 Å². The van der Waals surface area contributed by atoms with Crippen LogP contribution in [0, 0.1) is 11.6 Å². The number of nitrogens with one attached hydrogen (secondary N) is 2. The Morgan fingerprint density at radius 3 is 2.48 bits per heavy atom. The molecule has 2 rings (SSSR count). The van der Waals surface area contributed by atoms with Gasteiger partial charge in [-0.05, 0) is 30.2 Å². The Morgan fingerprint density at radius 2 is 1.78 bits per heavy atom. The summed E-state index contributed by atoms with van der Waals surface area (Å²) in [5.41, 5.74) is 1.11. The number of guanidine groups is 1. The lowest BCUT2D eigenvalue weighted by Gasteiger charge is -2.13. The molecule has 0 radical (unpaired) electrons. The molecule has 8 heteroatoms. The Labute approximate surface area is 175 Å². The third kappa shape index (κ3) is 7.58. The molecule has 5 nitrogen and oxygen atoms in total. The smallest absolute Gasteiger partial charge is 0.191 e. The van der Waals surface area contributed by atoms with Crippen LogP contribution in [0.3, 0.4) is 0 Å². The van der Waals surface area contributed by atoms with Crippen LogP contribution in [0.25, 0.3) is 0 Å². The minimum atomic E-state index is -0.927. The van der Waals surface area contributed by atoms with Gasteiger partial charge < -0.3 is 20.1 Å². The Balaban J connectivity index is 0.00000364. The van der Waals surface area contributed by atoms with Crippen molar-refractivity contribution in [3.63, 3.8) is 0 Å². The maximum Gasteiger partial charge on any atom is 0.191 e. The van der Waals surface area contributed by atoms with Gasteiger partial charge in [-0.25, -0.2) is 8.78 Å². The van der Waals surface area contributed by atoms with Gasteiger partial charge in [-0.3, -0.25) is 4.99 Å². The number of para-hydroxylation sites is 1. The van der Waals surface area contributed by atoms with Crippen LogP contribution in [0.2, 0.25) is 0 Å². The number of ether oxygens (including phenoxy) is 2. The predicted molar refractivity (Wildman–Crippen MR) is 113 cm³/mol. The highest BCUT2D eigenvalue weighted by Gasteiger charge is 2.04. The standard InChI is InChI=1S/C19H23F2N3O2.HI/c1-22-19(23-10-9-14-5-3-4-6-18(14)25-2)24-11-12-26-15-7-8-16(20)17(21)13-15;/h3-8,13H,9-12H2,1-2H3,(H2,22,23,24);1H. The number of halogens is 3. The number of rotatable bonds is 8. The quantitative estimate of drug-likeness (QED) is 0.258. The number of hydrogen-bond donors (Lipinski definition) is 2. The van der Waals surface area contributed by atoms with E-state index < -0.39 is 11.6 Å². The second-order valence-corrected chi connectivity index (χ2v) is 5.41. The van der Waals surface area contributed by atoms with Crippen molar-refractivity contribution in [2.24, 2.45) is 4.99 Å². The third-order valence-electron chi connectivity index (χ3n) is 3.66. The molecule has 2 aromatic rings. The van der Waals surface area contributed by atoms with Gasteiger partial charge in [0.25, 0.3) is 0 Å². The van der Waals surface area contributed by atoms with Crippen molar-refractivity contribution in [1.29, 1.82) is 0 Å². The number of benzene rings is 2. The van der Waals surface area contributed by atoms with Crippen molar-refractivity contribution < 1.29 is 18.3 Å². The highest BCUT2D eigenvalue weighted by molar-refractivity contribution is 14.0. The van der Waals surface area contributed by atoms with Crippen molar-refractivity contribution in [3.8, 4) is 11.5 Å². The molecule has 0 aliphatic heterocycles. The predicted octanol–water partition coefficient (Wildman–Crippen LogP) is 3.38. The maximum atomic E-state index is 13.1. The zero-order valence-corrected chi connectivity index (χ0v) is 17.6. The molecular formula is C19H24F2IN3O2. The first-order chi connectivity index (χ1) is 12.6. The average Bonchev–Trinajstić information content (AvgIpc) is 2.66. The Morgan fingerprint density at radius 1 is 1.04 bits per heavy atom. The van der Waals surface area contributed by atoms with Crippen LogP contribution >= 0.6 is 24.0 Å². The number of methoxy groups -OCH3 is 1. The molecule has 0 bridgehead atoms. The van der Waals surface area contributed by atoms with Gasteiger partial charge in [-0.1, -0.05) is 18.2 Å². The van der Waals surface area contributed by atoms with E-state index in [-0.39, 0.29) is 36.3 Å². The summed E-state index contributed by atoms with van der Waals surface area (Å²) in [7, 11) is 3.33. The van der Waals surface area contributed by atoms with Crippen LogP contribution in [0.15, 0.2) is 47.5 Å². The van der Waals surface area contributed by atoms with Gasteiger partial charge in [0.2, 0.25) is 0 Å². The van der Waals surface area contributed by atoms with E-state index in [1.54, 1.807) is 14.2 Å². The van der Waals surface area contributed by atoms with Crippen molar-refractivity contribution >= 4 is 29.9 Å². The monoisotopic (exact) mass is 491 g/mol. The summed E-state index contributed by atoms with van der Waals surface area (Å²) in [5.74, 6) is -0.0461. The second kappa shape index (κ2) is 12.3. The van der Waals surface area contributed by atoms with E-state index in [0.29, 0.717) is 19.0 Å². The molecule has 0 amide bonds. The Hall–Kier alpha value is -2.10. The van der Waals surface area contributed by atoms with Crippen LogP contribution in [-0.2, 0) is 6.42 Å². The first-order valence-electron chi connectivity index (χ1n) is 8.28. The second-order valence-electron chi connectivity index (χ2n) is 5.41. The summed E-state index contributed by atoms with van der Waals surface area (Å²) < 4.78 is 36.6. The number of hydrogen-bond acceptors (Lipinski definition) is 3. The number of nitrogens with zero attached hydrogens (tertiary/aromatic N) is 1. The molecule has 0 saturated heterocycles. The molecule has 0 aliphatic carbocycles. The normalized spacial score (nSPS) is 10.7. The van der Waals surface area contributed by atoms with Crippen LogP contribution in [0.5, 0.6) is 11.5 Å². The largest absolute Gasteiger partial charge is 0.496 e. The SMILES string of the molecule is CN=C(NCCOc1ccc(F)c(F)c1)NCCc1ccccc1OC.I. The van der Waals surface area contributed by atoms with Gasteiger partial charge >= 0.3 is 0 Å². The molecule has 0 aromatic heterocycles. The first kappa shape index (κ1) is 22.9. The van der Waals surface area contributed by atoms with Crippen molar-refractivity contribution in [3.05, 3.63) is 59.7 Å². The highest BCUT2D eigenvalue weighted by atomic mass is 127. The van der Waals surface area contributed by atoms with Crippen LogP contribution in [-0.4, -0.2) is 39.8 Å². The molecule has 148 valence electrons. The fourth-order valence-electron chi connectivity index (χ4n) is 2.35. The van der Waals surface area contributed by atoms with Crippen molar-refractivity contribution in [2.45, 2.75) is 6.42 Å². The van der Waals surface area contributed by atoms with E-state index in [4.69, 9.17) is 9.47 Å². The van der Waals surface area contributed by atoms with E-state index in [9.17, 15) is 8.78 Å². The summed E-state index contributed by atoms with van der Waals surface area (Å²) in [6, 6.07) is 11.3. The number of aliphatic imine (C=N–C) groups is 1. The Kier molecular flexibility index (Phi) is 10.5. The molecule has 0 spiro atoms. The van der Waals surface area contributed by atoms with Crippen LogP contribution < -0.4 is 20.1 Å². The summed E-state index contributed by atoms with van der Waals surface area (Å²) in [4.78, 5) is 4.13. The summed E-state index contributed by atoms with van der Waals surface area (Å²) in [5, 5.41) is 6.30.